The summed E-state index contributed by atoms with van der Waals surface area (Å²) < 4.78 is 6.20. The predicted octanol–water partition coefficient (Wildman–Crippen LogP) is 3.80. The van der Waals surface area contributed by atoms with Crippen LogP contribution in [0.4, 0.5) is 0 Å². The number of rotatable bonds is 5. The third-order valence-corrected chi connectivity index (χ3v) is 4.82. The van der Waals surface area contributed by atoms with Gasteiger partial charge in [0.1, 0.15) is 5.75 Å². The standard InChI is InChI=1S/C16H24BrNO2/c1-12(13-6-7-15(20-2)14(17)10-13)18-11-16(19)8-4-3-5-9-16/h6-7,10,12,18-19H,3-5,8-9,11H2,1-2H3. The Hall–Kier alpha value is -0.580. The van der Waals surface area contributed by atoms with Crippen LogP contribution in [0.25, 0.3) is 0 Å². The van der Waals surface area contributed by atoms with Crippen molar-refractivity contribution in [1.82, 2.24) is 5.32 Å². The van der Waals surface area contributed by atoms with Gasteiger partial charge in [-0.1, -0.05) is 25.3 Å². The van der Waals surface area contributed by atoms with Crippen molar-refractivity contribution in [3.8, 4) is 5.75 Å². The summed E-state index contributed by atoms with van der Waals surface area (Å²) in [5.74, 6) is 0.840. The van der Waals surface area contributed by atoms with E-state index in [1.165, 1.54) is 12.0 Å². The van der Waals surface area contributed by atoms with Gasteiger partial charge in [-0.15, -0.1) is 0 Å². The molecule has 1 atom stereocenters. The third kappa shape index (κ3) is 3.96. The molecule has 2 N–H and O–H groups in total. The van der Waals surface area contributed by atoms with Crippen molar-refractivity contribution in [1.29, 1.82) is 0 Å². The van der Waals surface area contributed by atoms with Crippen LogP contribution < -0.4 is 10.1 Å². The fourth-order valence-electron chi connectivity index (χ4n) is 2.80. The number of hydrogen-bond acceptors (Lipinski definition) is 3. The van der Waals surface area contributed by atoms with E-state index in [-0.39, 0.29) is 6.04 Å². The van der Waals surface area contributed by atoms with Crippen LogP contribution >= 0.6 is 15.9 Å². The van der Waals surface area contributed by atoms with Crippen LogP contribution in [0.3, 0.4) is 0 Å². The van der Waals surface area contributed by atoms with E-state index >= 15 is 0 Å². The Bertz CT molecular complexity index is 444. The second kappa shape index (κ2) is 6.92. The fourth-order valence-corrected chi connectivity index (χ4v) is 3.36. The van der Waals surface area contributed by atoms with Crippen LogP contribution in [0.15, 0.2) is 22.7 Å². The summed E-state index contributed by atoms with van der Waals surface area (Å²) in [6.07, 6.45) is 5.36. The van der Waals surface area contributed by atoms with E-state index in [1.807, 2.05) is 6.07 Å². The summed E-state index contributed by atoms with van der Waals surface area (Å²) in [5.41, 5.74) is 0.674. The molecule has 1 aliphatic rings. The number of hydrogen-bond donors (Lipinski definition) is 2. The first-order valence-corrected chi connectivity index (χ1v) is 8.12. The quantitative estimate of drug-likeness (QED) is 0.855. The molecule has 0 aromatic heterocycles. The Labute approximate surface area is 129 Å². The van der Waals surface area contributed by atoms with Crippen molar-refractivity contribution in [2.24, 2.45) is 0 Å². The zero-order valence-corrected chi connectivity index (χ0v) is 13.9. The summed E-state index contributed by atoms with van der Waals surface area (Å²) >= 11 is 3.51. The largest absolute Gasteiger partial charge is 0.496 e. The minimum atomic E-state index is -0.518. The second-order valence-corrected chi connectivity index (χ2v) is 6.64. The number of ether oxygens (including phenoxy) is 1. The van der Waals surface area contributed by atoms with Crippen LogP contribution in [0.2, 0.25) is 0 Å². The summed E-state index contributed by atoms with van der Waals surface area (Å²) in [5, 5.41) is 14.0. The maximum absolute atomic E-state index is 10.5. The molecule has 0 spiro atoms. The van der Waals surface area contributed by atoms with E-state index in [0.29, 0.717) is 6.54 Å². The summed E-state index contributed by atoms with van der Waals surface area (Å²) in [6, 6.07) is 6.31. The zero-order chi connectivity index (χ0) is 14.6. The number of nitrogens with one attached hydrogen (secondary N) is 1. The summed E-state index contributed by atoms with van der Waals surface area (Å²) in [4.78, 5) is 0. The van der Waals surface area contributed by atoms with E-state index in [2.05, 4.69) is 40.3 Å². The molecule has 20 heavy (non-hydrogen) atoms. The SMILES string of the molecule is COc1ccc(C(C)NCC2(O)CCCCC2)cc1Br. The van der Waals surface area contributed by atoms with Crippen molar-refractivity contribution < 1.29 is 9.84 Å². The minimum absolute atomic E-state index is 0.211. The molecule has 0 heterocycles. The molecule has 1 aromatic carbocycles. The lowest BCUT2D eigenvalue weighted by molar-refractivity contribution is 0.00300. The monoisotopic (exact) mass is 341 g/mol. The Morgan fingerprint density at radius 1 is 1.35 bits per heavy atom. The van der Waals surface area contributed by atoms with Gasteiger partial charge in [-0.3, -0.25) is 0 Å². The topological polar surface area (TPSA) is 41.5 Å². The minimum Gasteiger partial charge on any atom is -0.496 e. The van der Waals surface area contributed by atoms with Crippen LogP contribution in [0.1, 0.15) is 50.6 Å². The molecule has 2 rings (SSSR count). The highest BCUT2D eigenvalue weighted by Crippen LogP contribution is 2.30. The van der Waals surface area contributed by atoms with Gasteiger partial charge in [-0.2, -0.15) is 0 Å². The molecule has 0 bridgehead atoms. The van der Waals surface area contributed by atoms with Crippen LogP contribution in [-0.2, 0) is 0 Å². The lowest BCUT2D eigenvalue weighted by Crippen LogP contribution is -2.42. The Balaban J connectivity index is 1.94. The van der Waals surface area contributed by atoms with E-state index < -0.39 is 5.60 Å². The van der Waals surface area contributed by atoms with E-state index in [4.69, 9.17) is 4.74 Å². The average molecular weight is 342 g/mol. The molecule has 112 valence electrons. The van der Waals surface area contributed by atoms with Gasteiger partial charge >= 0.3 is 0 Å². The smallest absolute Gasteiger partial charge is 0.133 e. The van der Waals surface area contributed by atoms with Crippen LogP contribution in [0, 0.1) is 0 Å². The predicted molar refractivity (Wildman–Crippen MR) is 85.1 cm³/mol. The first kappa shape index (κ1) is 15.8. The first-order chi connectivity index (χ1) is 9.54. The van der Waals surface area contributed by atoms with Gasteiger partial charge in [-0.25, -0.2) is 0 Å². The molecule has 0 radical (unpaired) electrons. The highest BCUT2D eigenvalue weighted by atomic mass is 79.9. The van der Waals surface area contributed by atoms with Gasteiger partial charge in [0, 0.05) is 12.6 Å². The summed E-state index contributed by atoms with van der Waals surface area (Å²) in [6.45, 7) is 2.79. The molecule has 3 nitrogen and oxygen atoms in total. The second-order valence-electron chi connectivity index (χ2n) is 5.78. The van der Waals surface area contributed by atoms with Gasteiger partial charge in [0.25, 0.3) is 0 Å². The van der Waals surface area contributed by atoms with Crippen LogP contribution in [-0.4, -0.2) is 24.4 Å². The fraction of sp³-hybridized carbons (Fsp3) is 0.625. The van der Waals surface area contributed by atoms with E-state index in [9.17, 15) is 5.11 Å². The zero-order valence-electron chi connectivity index (χ0n) is 12.3. The highest BCUT2D eigenvalue weighted by molar-refractivity contribution is 9.10. The third-order valence-electron chi connectivity index (χ3n) is 4.20. The Kier molecular flexibility index (Phi) is 5.47. The van der Waals surface area contributed by atoms with Crippen molar-refractivity contribution in [2.45, 2.75) is 50.7 Å². The van der Waals surface area contributed by atoms with Gasteiger partial charge < -0.3 is 15.2 Å². The number of aliphatic hydroxyl groups is 1. The summed E-state index contributed by atoms with van der Waals surface area (Å²) in [7, 11) is 1.67. The average Bonchev–Trinajstić information content (AvgIpc) is 2.45. The maximum Gasteiger partial charge on any atom is 0.133 e. The maximum atomic E-state index is 10.5. The van der Waals surface area contributed by atoms with Crippen molar-refractivity contribution in [2.75, 3.05) is 13.7 Å². The van der Waals surface area contributed by atoms with Gasteiger partial charge in [0.05, 0.1) is 17.2 Å². The molecule has 1 aromatic rings. The van der Waals surface area contributed by atoms with E-state index in [1.54, 1.807) is 7.11 Å². The molecule has 0 saturated heterocycles. The highest BCUT2D eigenvalue weighted by Gasteiger charge is 2.29. The molecule has 1 aliphatic carbocycles. The van der Waals surface area contributed by atoms with Crippen molar-refractivity contribution in [3.63, 3.8) is 0 Å². The Morgan fingerprint density at radius 3 is 2.65 bits per heavy atom. The van der Waals surface area contributed by atoms with Gasteiger partial charge in [0.15, 0.2) is 0 Å². The molecule has 1 saturated carbocycles. The molecule has 0 aliphatic heterocycles. The number of halogens is 1. The molecular weight excluding hydrogens is 318 g/mol. The molecule has 1 fully saturated rings. The normalized spacial score (nSPS) is 19.6. The number of benzene rings is 1. The molecule has 0 amide bonds. The Morgan fingerprint density at radius 2 is 2.05 bits per heavy atom. The van der Waals surface area contributed by atoms with Crippen LogP contribution in [0.5, 0.6) is 5.75 Å². The lowest BCUT2D eigenvalue weighted by Gasteiger charge is -2.33. The molecule has 1 unspecified atom stereocenters. The van der Waals surface area contributed by atoms with Gasteiger partial charge in [-0.05, 0) is 53.4 Å². The molecular formula is C16H24BrNO2. The van der Waals surface area contributed by atoms with Crippen molar-refractivity contribution >= 4 is 15.9 Å². The number of methoxy groups -OCH3 is 1. The molecule has 4 heteroatoms. The van der Waals surface area contributed by atoms with Gasteiger partial charge in [0.2, 0.25) is 0 Å². The first-order valence-electron chi connectivity index (χ1n) is 7.33. The van der Waals surface area contributed by atoms with E-state index in [0.717, 1.165) is 35.9 Å². The van der Waals surface area contributed by atoms with Crippen molar-refractivity contribution in [3.05, 3.63) is 28.2 Å². The lowest BCUT2D eigenvalue weighted by atomic mass is 9.84.